The highest BCUT2D eigenvalue weighted by Gasteiger charge is 2.35. The van der Waals surface area contributed by atoms with E-state index in [0.717, 1.165) is 16.5 Å². The van der Waals surface area contributed by atoms with Crippen molar-refractivity contribution >= 4 is 27.8 Å². The molecule has 0 N–H and O–H groups in total. The Morgan fingerprint density at radius 3 is 3.21 bits per heavy atom. The largest absolute Gasteiger partial charge is 0.498 e. The molecule has 0 saturated carbocycles. The normalized spacial score (nSPS) is 21.6. The number of aromatic nitrogens is 1. The van der Waals surface area contributed by atoms with Crippen molar-refractivity contribution in [2.24, 2.45) is 0 Å². The summed E-state index contributed by atoms with van der Waals surface area (Å²) in [7, 11) is 0. The highest BCUT2D eigenvalue weighted by atomic mass is 79.9. The maximum absolute atomic E-state index is 12.1. The van der Waals surface area contributed by atoms with Gasteiger partial charge in [0.1, 0.15) is 12.1 Å². The summed E-state index contributed by atoms with van der Waals surface area (Å²) in [6.07, 6.45) is 3.61. The van der Waals surface area contributed by atoms with Crippen molar-refractivity contribution in [3.8, 4) is 0 Å². The number of allylic oxidation sites excluding steroid dienone is 1. The van der Waals surface area contributed by atoms with Gasteiger partial charge in [0.15, 0.2) is 5.76 Å². The zero-order valence-electron chi connectivity index (χ0n) is 10.4. The van der Waals surface area contributed by atoms with Gasteiger partial charge in [-0.15, -0.1) is 0 Å². The SMILES string of the molecule is CCN1C(=O)OC2=COCC[C@@H]2c2cc(Br)cnc21. The summed E-state index contributed by atoms with van der Waals surface area (Å²) in [5, 5.41) is 0. The van der Waals surface area contributed by atoms with Crippen LogP contribution in [-0.4, -0.2) is 24.2 Å². The first-order valence-corrected chi connectivity index (χ1v) is 6.96. The minimum atomic E-state index is -0.405. The number of hydrogen-bond acceptors (Lipinski definition) is 4. The second kappa shape index (κ2) is 4.85. The van der Waals surface area contributed by atoms with E-state index in [1.807, 2.05) is 13.0 Å². The molecule has 5 nitrogen and oxygen atoms in total. The Bertz CT molecular complexity index is 559. The number of carbonyl (C=O) groups is 1. The van der Waals surface area contributed by atoms with E-state index >= 15 is 0 Å². The number of pyridine rings is 1. The lowest BCUT2D eigenvalue weighted by atomic mass is 9.94. The van der Waals surface area contributed by atoms with Crippen LogP contribution in [0.15, 0.2) is 28.8 Å². The highest BCUT2D eigenvalue weighted by Crippen LogP contribution is 2.40. The number of rotatable bonds is 1. The zero-order chi connectivity index (χ0) is 13.4. The van der Waals surface area contributed by atoms with Crippen LogP contribution in [0.4, 0.5) is 10.6 Å². The average Bonchev–Trinajstić information content (AvgIpc) is 2.52. The third kappa shape index (κ3) is 2.10. The summed E-state index contributed by atoms with van der Waals surface area (Å²) < 4.78 is 11.6. The molecule has 0 spiro atoms. The molecule has 2 aliphatic heterocycles. The second-order valence-corrected chi connectivity index (χ2v) is 5.33. The molecule has 3 heterocycles. The van der Waals surface area contributed by atoms with Crippen LogP contribution in [0.2, 0.25) is 0 Å². The molecule has 1 aromatic heterocycles. The predicted molar refractivity (Wildman–Crippen MR) is 72.8 cm³/mol. The average molecular weight is 325 g/mol. The van der Waals surface area contributed by atoms with Gasteiger partial charge in [0.05, 0.1) is 12.5 Å². The fourth-order valence-corrected chi connectivity index (χ4v) is 2.76. The number of anilines is 1. The van der Waals surface area contributed by atoms with Crippen molar-refractivity contribution in [1.82, 2.24) is 4.98 Å². The van der Waals surface area contributed by atoms with E-state index in [2.05, 4.69) is 20.9 Å². The lowest BCUT2D eigenvalue weighted by Crippen LogP contribution is -2.30. The Morgan fingerprint density at radius 1 is 1.58 bits per heavy atom. The summed E-state index contributed by atoms with van der Waals surface area (Å²) in [6, 6.07) is 2.00. The summed E-state index contributed by atoms with van der Waals surface area (Å²) in [4.78, 5) is 18.0. The minimum absolute atomic E-state index is 0.0225. The molecular formula is C13H13BrN2O3. The van der Waals surface area contributed by atoms with E-state index in [0.29, 0.717) is 24.7 Å². The Hall–Kier alpha value is -1.56. The highest BCUT2D eigenvalue weighted by molar-refractivity contribution is 9.10. The van der Waals surface area contributed by atoms with Crippen LogP contribution in [0.5, 0.6) is 0 Å². The number of fused-ring (bicyclic) bond motifs is 3. The first-order chi connectivity index (χ1) is 9.20. The number of halogens is 1. The van der Waals surface area contributed by atoms with Crippen LogP contribution in [0.25, 0.3) is 0 Å². The molecule has 0 radical (unpaired) electrons. The number of hydrogen-bond donors (Lipinski definition) is 0. The van der Waals surface area contributed by atoms with E-state index in [4.69, 9.17) is 9.47 Å². The van der Waals surface area contributed by atoms with Gasteiger partial charge in [-0.05, 0) is 35.3 Å². The second-order valence-electron chi connectivity index (χ2n) is 4.41. The van der Waals surface area contributed by atoms with Crippen LogP contribution in [0.3, 0.4) is 0 Å². The first-order valence-electron chi connectivity index (χ1n) is 6.17. The number of ether oxygens (including phenoxy) is 2. The van der Waals surface area contributed by atoms with Gasteiger partial charge in [-0.1, -0.05) is 0 Å². The lowest BCUT2D eigenvalue weighted by molar-refractivity contribution is 0.145. The van der Waals surface area contributed by atoms with Crippen molar-refractivity contribution < 1.29 is 14.3 Å². The van der Waals surface area contributed by atoms with Gasteiger partial charge in [0.25, 0.3) is 0 Å². The fraction of sp³-hybridized carbons (Fsp3) is 0.385. The Morgan fingerprint density at radius 2 is 2.42 bits per heavy atom. The minimum Gasteiger partial charge on any atom is -0.498 e. The van der Waals surface area contributed by atoms with E-state index < -0.39 is 6.09 Å². The molecule has 1 amide bonds. The molecule has 100 valence electrons. The molecule has 3 rings (SSSR count). The zero-order valence-corrected chi connectivity index (χ0v) is 12.0. The molecule has 0 aromatic carbocycles. The molecule has 0 saturated heterocycles. The van der Waals surface area contributed by atoms with E-state index in [1.165, 1.54) is 6.26 Å². The van der Waals surface area contributed by atoms with Crippen LogP contribution in [0, 0.1) is 0 Å². The third-order valence-electron chi connectivity index (χ3n) is 3.30. The fourth-order valence-electron chi connectivity index (χ4n) is 2.41. The number of nitrogens with zero attached hydrogens (tertiary/aromatic N) is 2. The van der Waals surface area contributed by atoms with Gasteiger partial charge in [-0.25, -0.2) is 9.78 Å². The molecule has 6 heteroatoms. The van der Waals surface area contributed by atoms with Gasteiger partial charge in [0, 0.05) is 22.8 Å². The predicted octanol–water partition coefficient (Wildman–Crippen LogP) is 3.17. The standard InChI is InChI=1S/C13H13BrN2O3/c1-2-16-12-10(5-8(14)6-15-12)9-3-4-18-7-11(9)19-13(16)17/h5-7,9H,2-4H2,1H3/t9-/m1/s1. The molecule has 2 aliphatic rings. The number of carbonyl (C=O) groups excluding carboxylic acids is 1. The van der Waals surface area contributed by atoms with Gasteiger partial charge in [0.2, 0.25) is 0 Å². The van der Waals surface area contributed by atoms with Gasteiger partial charge in [-0.2, -0.15) is 0 Å². The van der Waals surface area contributed by atoms with E-state index in [9.17, 15) is 4.79 Å². The maximum atomic E-state index is 12.1. The molecule has 0 fully saturated rings. The smallest absolute Gasteiger partial charge is 0.420 e. The monoisotopic (exact) mass is 324 g/mol. The third-order valence-corrected chi connectivity index (χ3v) is 3.74. The quantitative estimate of drug-likeness (QED) is 0.796. The lowest BCUT2D eigenvalue weighted by Gasteiger charge is -2.21. The molecule has 1 aromatic rings. The van der Waals surface area contributed by atoms with Crippen molar-refractivity contribution in [3.05, 3.63) is 34.3 Å². The van der Waals surface area contributed by atoms with Crippen molar-refractivity contribution in [2.45, 2.75) is 19.3 Å². The molecule has 0 bridgehead atoms. The summed E-state index contributed by atoms with van der Waals surface area (Å²) in [5.74, 6) is 1.26. The van der Waals surface area contributed by atoms with E-state index in [1.54, 1.807) is 11.1 Å². The van der Waals surface area contributed by atoms with Gasteiger partial charge >= 0.3 is 6.09 Å². The topological polar surface area (TPSA) is 51.7 Å². The molecule has 0 unspecified atom stereocenters. The van der Waals surface area contributed by atoms with Crippen LogP contribution in [0.1, 0.15) is 24.8 Å². The first kappa shape index (κ1) is 12.5. The van der Waals surface area contributed by atoms with Gasteiger partial charge in [-0.3, -0.25) is 4.90 Å². The summed E-state index contributed by atoms with van der Waals surface area (Å²) >= 11 is 3.43. The van der Waals surface area contributed by atoms with Crippen LogP contribution in [-0.2, 0) is 9.47 Å². The molecule has 1 atom stereocenters. The Balaban J connectivity index is 2.18. The van der Waals surface area contributed by atoms with Crippen LogP contribution < -0.4 is 4.90 Å². The molecule has 0 aliphatic carbocycles. The van der Waals surface area contributed by atoms with Crippen LogP contribution >= 0.6 is 15.9 Å². The summed E-state index contributed by atoms with van der Waals surface area (Å²) in [5.41, 5.74) is 0.997. The summed E-state index contributed by atoms with van der Waals surface area (Å²) in [6.45, 7) is 3.03. The Labute approximate surface area is 119 Å². The van der Waals surface area contributed by atoms with Crippen molar-refractivity contribution in [1.29, 1.82) is 0 Å². The maximum Gasteiger partial charge on any atom is 0.420 e. The molecular weight excluding hydrogens is 312 g/mol. The molecule has 19 heavy (non-hydrogen) atoms. The number of amides is 1. The van der Waals surface area contributed by atoms with Gasteiger partial charge < -0.3 is 9.47 Å². The van der Waals surface area contributed by atoms with Crippen molar-refractivity contribution in [2.75, 3.05) is 18.1 Å². The van der Waals surface area contributed by atoms with Crippen molar-refractivity contribution in [3.63, 3.8) is 0 Å². The van der Waals surface area contributed by atoms with E-state index in [-0.39, 0.29) is 5.92 Å². The Kier molecular flexibility index (Phi) is 3.18.